The first kappa shape index (κ1) is 20.5. The molecular weight excluding hydrogens is 396 g/mol. The van der Waals surface area contributed by atoms with Gasteiger partial charge in [0.25, 0.3) is 0 Å². The van der Waals surface area contributed by atoms with Crippen LogP contribution in [0.15, 0.2) is 42.5 Å². The summed E-state index contributed by atoms with van der Waals surface area (Å²) in [5.74, 6) is 0.751. The molecule has 1 aliphatic heterocycles. The Morgan fingerprint density at radius 2 is 1.73 bits per heavy atom. The summed E-state index contributed by atoms with van der Waals surface area (Å²) in [4.78, 5) is 0. The molecule has 4 heteroatoms. The predicted octanol–water partition coefficient (Wildman–Crippen LogP) is 5.55. The van der Waals surface area contributed by atoms with E-state index in [1.165, 1.54) is 43.2 Å². The number of rotatable bonds is 5. The standard InChI is InChI=1S/C26H31ClO3/c27-24-7-6-19(25-13-22(29)12-23(16-28)30-25)11-20(24)10-17-2-4-18(5-3-17)21-14-26(15-21)8-1-9-26/h2-7,11,21-23,25,28-29H,1,8-10,12-16H2/t22-,23-,25+/m0/s1. The van der Waals surface area contributed by atoms with Crippen LogP contribution in [0.5, 0.6) is 0 Å². The van der Waals surface area contributed by atoms with Crippen LogP contribution in [0.1, 0.15) is 79.2 Å². The zero-order valence-corrected chi connectivity index (χ0v) is 18.2. The Morgan fingerprint density at radius 3 is 2.40 bits per heavy atom. The number of aliphatic hydroxyl groups excluding tert-OH is 2. The van der Waals surface area contributed by atoms with Crippen LogP contribution in [0.3, 0.4) is 0 Å². The molecule has 160 valence electrons. The lowest BCUT2D eigenvalue weighted by molar-refractivity contribution is -0.113. The number of benzene rings is 2. The maximum atomic E-state index is 10.1. The fraction of sp³-hybridized carbons (Fsp3) is 0.538. The molecule has 0 amide bonds. The van der Waals surface area contributed by atoms with Gasteiger partial charge in [-0.3, -0.25) is 0 Å². The van der Waals surface area contributed by atoms with E-state index >= 15 is 0 Å². The summed E-state index contributed by atoms with van der Waals surface area (Å²) in [6.45, 7) is -0.0670. The molecule has 1 saturated heterocycles. The Kier molecular flexibility index (Phi) is 5.66. The third kappa shape index (κ3) is 4.05. The van der Waals surface area contributed by atoms with Crippen LogP contribution in [-0.4, -0.2) is 29.0 Å². The number of halogens is 1. The summed E-state index contributed by atoms with van der Waals surface area (Å²) in [5, 5.41) is 20.3. The average molecular weight is 427 g/mol. The zero-order valence-electron chi connectivity index (χ0n) is 17.4. The first-order valence-electron chi connectivity index (χ1n) is 11.4. The Bertz CT molecular complexity index is 882. The molecule has 1 spiro atoms. The molecule has 0 bridgehead atoms. The fourth-order valence-electron chi connectivity index (χ4n) is 5.69. The van der Waals surface area contributed by atoms with E-state index in [4.69, 9.17) is 16.3 Å². The highest BCUT2D eigenvalue weighted by Crippen LogP contribution is 2.61. The van der Waals surface area contributed by atoms with E-state index < -0.39 is 6.10 Å². The van der Waals surface area contributed by atoms with Crippen molar-refractivity contribution in [3.8, 4) is 0 Å². The lowest BCUT2D eigenvalue weighted by atomic mass is 9.51. The van der Waals surface area contributed by atoms with Gasteiger partial charge in [0, 0.05) is 17.9 Å². The molecule has 3 atom stereocenters. The van der Waals surface area contributed by atoms with Crippen LogP contribution >= 0.6 is 11.6 Å². The Hall–Kier alpha value is -1.39. The van der Waals surface area contributed by atoms with Crippen LogP contribution in [0.4, 0.5) is 0 Å². The van der Waals surface area contributed by atoms with E-state index in [0.29, 0.717) is 18.3 Å². The van der Waals surface area contributed by atoms with Crippen molar-refractivity contribution in [2.75, 3.05) is 6.61 Å². The van der Waals surface area contributed by atoms with E-state index in [1.807, 2.05) is 12.1 Å². The van der Waals surface area contributed by atoms with Gasteiger partial charge in [-0.05, 0) is 71.8 Å². The van der Waals surface area contributed by atoms with Gasteiger partial charge >= 0.3 is 0 Å². The van der Waals surface area contributed by atoms with Gasteiger partial charge in [0.1, 0.15) is 0 Å². The van der Waals surface area contributed by atoms with Gasteiger partial charge in [-0.15, -0.1) is 0 Å². The van der Waals surface area contributed by atoms with Crippen molar-refractivity contribution in [1.29, 1.82) is 0 Å². The van der Waals surface area contributed by atoms with Gasteiger partial charge in [-0.25, -0.2) is 0 Å². The molecule has 30 heavy (non-hydrogen) atoms. The molecule has 2 aliphatic carbocycles. The van der Waals surface area contributed by atoms with Crippen molar-refractivity contribution in [2.45, 2.75) is 75.6 Å². The molecule has 1 heterocycles. The third-order valence-electron chi connectivity index (χ3n) is 7.64. The molecule has 0 aromatic heterocycles. The van der Waals surface area contributed by atoms with Crippen LogP contribution in [-0.2, 0) is 11.2 Å². The molecule has 3 aliphatic rings. The smallest absolute Gasteiger partial charge is 0.0854 e. The monoisotopic (exact) mass is 426 g/mol. The highest BCUT2D eigenvalue weighted by molar-refractivity contribution is 6.31. The van der Waals surface area contributed by atoms with E-state index in [0.717, 1.165) is 28.5 Å². The first-order chi connectivity index (χ1) is 14.5. The van der Waals surface area contributed by atoms with E-state index in [9.17, 15) is 10.2 Å². The molecule has 2 saturated carbocycles. The molecule has 0 radical (unpaired) electrons. The SMILES string of the molecule is OC[C@@H]1C[C@H](O)C[C@H](c2ccc(Cl)c(Cc3ccc(C4CC5(CCC5)C4)cc3)c2)O1. The summed E-state index contributed by atoms with van der Waals surface area (Å²) < 4.78 is 5.98. The van der Waals surface area contributed by atoms with Gasteiger partial charge in [-0.1, -0.05) is 54.4 Å². The molecule has 2 aromatic rings. The second kappa shape index (κ2) is 8.27. The summed E-state index contributed by atoms with van der Waals surface area (Å²) in [7, 11) is 0. The summed E-state index contributed by atoms with van der Waals surface area (Å²) in [6.07, 6.45) is 7.92. The molecular formula is C26H31ClO3. The van der Waals surface area contributed by atoms with Crippen molar-refractivity contribution in [2.24, 2.45) is 5.41 Å². The molecule has 0 unspecified atom stereocenters. The van der Waals surface area contributed by atoms with Gasteiger partial charge < -0.3 is 14.9 Å². The van der Waals surface area contributed by atoms with Crippen LogP contribution in [0.2, 0.25) is 5.02 Å². The lowest BCUT2D eigenvalue weighted by Gasteiger charge is -2.54. The van der Waals surface area contributed by atoms with Gasteiger partial charge in [-0.2, -0.15) is 0 Å². The van der Waals surface area contributed by atoms with Gasteiger partial charge in [0.2, 0.25) is 0 Å². The number of hydrogen-bond donors (Lipinski definition) is 2. The predicted molar refractivity (Wildman–Crippen MR) is 119 cm³/mol. The van der Waals surface area contributed by atoms with Crippen LogP contribution in [0.25, 0.3) is 0 Å². The van der Waals surface area contributed by atoms with Crippen molar-refractivity contribution in [3.05, 3.63) is 69.7 Å². The van der Waals surface area contributed by atoms with Gasteiger partial charge in [0.15, 0.2) is 0 Å². The Morgan fingerprint density at radius 1 is 1.00 bits per heavy atom. The second-order valence-corrected chi connectivity index (χ2v) is 10.2. The van der Waals surface area contributed by atoms with Crippen molar-refractivity contribution in [3.63, 3.8) is 0 Å². The number of hydrogen-bond acceptors (Lipinski definition) is 3. The second-order valence-electron chi connectivity index (χ2n) is 9.78. The average Bonchev–Trinajstić information content (AvgIpc) is 2.68. The summed E-state index contributed by atoms with van der Waals surface area (Å²) >= 11 is 6.51. The van der Waals surface area contributed by atoms with Crippen molar-refractivity contribution >= 4 is 11.6 Å². The normalized spacial score (nSPS) is 28.2. The van der Waals surface area contributed by atoms with Crippen molar-refractivity contribution in [1.82, 2.24) is 0 Å². The zero-order chi connectivity index (χ0) is 20.7. The van der Waals surface area contributed by atoms with Gasteiger partial charge in [0.05, 0.1) is 24.9 Å². The molecule has 2 aromatic carbocycles. The molecule has 5 rings (SSSR count). The number of aliphatic hydroxyl groups is 2. The minimum atomic E-state index is -0.446. The summed E-state index contributed by atoms with van der Waals surface area (Å²) in [6, 6.07) is 15.1. The Balaban J connectivity index is 1.27. The quantitative estimate of drug-likeness (QED) is 0.658. The maximum Gasteiger partial charge on any atom is 0.0854 e. The topological polar surface area (TPSA) is 49.7 Å². The van der Waals surface area contributed by atoms with Crippen LogP contribution < -0.4 is 0 Å². The number of ether oxygens (including phenoxy) is 1. The third-order valence-corrected chi connectivity index (χ3v) is 8.01. The minimum absolute atomic E-state index is 0.0670. The summed E-state index contributed by atoms with van der Waals surface area (Å²) in [5.41, 5.74) is 5.54. The van der Waals surface area contributed by atoms with E-state index in [2.05, 4.69) is 30.3 Å². The maximum absolute atomic E-state index is 10.1. The highest BCUT2D eigenvalue weighted by Gasteiger charge is 2.48. The molecule has 3 nitrogen and oxygen atoms in total. The largest absolute Gasteiger partial charge is 0.394 e. The molecule has 2 N–H and O–H groups in total. The highest BCUT2D eigenvalue weighted by atomic mass is 35.5. The fourth-order valence-corrected chi connectivity index (χ4v) is 5.87. The van der Waals surface area contributed by atoms with Crippen LogP contribution in [0, 0.1) is 5.41 Å². The lowest BCUT2D eigenvalue weighted by Crippen LogP contribution is -2.41. The first-order valence-corrected chi connectivity index (χ1v) is 11.7. The minimum Gasteiger partial charge on any atom is -0.394 e. The molecule has 3 fully saturated rings. The van der Waals surface area contributed by atoms with E-state index in [1.54, 1.807) is 0 Å². The van der Waals surface area contributed by atoms with Crippen molar-refractivity contribution < 1.29 is 14.9 Å². The Labute approximate surface area is 184 Å². The van der Waals surface area contributed by atoms with E-state index in [-0.39, 0.29) is 18.8 Å².